The monoisotopic (exact) mass is 409 g/mol. The van der Waals surface area contributed by atoms with Crippen molar-refractivity contribution in [3.63, 3.8) is 0 Å². The summed E-state index contributed by atoms with van der Waals surface area (Å²) in [6, 6.07) is 5.01. The highest BCUT2D eigenvalue weighted by Gasteiger charge is 2.14. The smallest absolute Gasteiger partial charge is 0.191 e. The fraction of sp³-hybridized carbons (Fsp3) is 0.667. The largest absolute Gasteiger partial charge is 0.356 e. The first-order chi connectivity index (χ1) is 13.7. The number of nitrogens with zero attached hydrogens (tertiary/aromatic N) is 3. The second-order valence-corrected chi connectivity index (χ2v) is 8.05. The molecule has 1 saturated heterocycles. The van der Waals surface area contributed by atoms with Gasteiger partial charge in [-0.15, -0.1) is 0 Å². The van der Waals surface area contributed by atoms with E-state index >= 15 is 0 Å². The van der Waals surface area contributed by atoms with E-state index < -0.39 is 0 Å². The Hall–Kier alpha value is -1.31. The topological polar surface area (TPSA) is 42.9 Å². The average Bonchev–Trinajstić information content (AvgIpc) is 2.72. The van der Waals surface area contributed by atoms with Crippen LogP contribution in [0.25, 0.3) is 0 Å². The Morgan fingerprint density at radius 1 is 1.11 bits per heavy atom. The Labute approximate surface area is 174 Å². The second-order valence-electron chi connectivity index (χ2n) is 7.18. The molecule has 1 aliphatic rings. The summed E-state index contributed by atoms with van der Waals surface area (Å²) in [5, 5.41) is 6.74. The third-order valence-electron chi connectivity index (χ3n) is 5.24. The minimum atomic E-state index is -0.175. The van der Waals surface area contributed by atoms with Gasteiger partial charge in [0.05, 0.1) is 0 Å². The lowest BCUT2D eigenvalue weighted by molar-refractivity contribution is 0.136. The van der Waals surface area contributed by atoms with Gasteiger partial charge in [-0.2, -0.15) is 11.8 Å². The first kappa shape index (κ1) is 23.0. The number of hydrogen-bond donors (Lipinski definition) is 2. The van der Waals surface area contributed by atoms with Crippen molar-refractivity contribution in [3.8, 4) is 0 Å². The third-order valence-corrected chi connectivity index (χ3v) is 5.84. The van der Waals surface area contributed by atoms with Crippen molar-refractivity contribution < 1.29 is 4.39 Å². The molecule has 28 heavy (non-hydrogen) atoms. The van der Waals surface area contributed by atoms with E-state index in [4.69, 9.17) is 0 Å². The van der Waals surface area contributed by atoms with Crippen molar-refractivity contribution in [2.24, 2.45) is 4.99 Å². The van der Waals surface area contributed by atoms with Crippen molar-refractivity contribution in [2.45, 2.75) is 32.1 Å². The van der Waals surface area contributed by atoms with Gasteiger partial charge in [0.2, 0.25) is 0 Å². The van der Waals surface area contributed by atoms with Gasteiger partial charge in [-0.1, -0.05) is 13.0 Å². The maximum absolute atomic E-state index is 13.5. The number of unbranched alkanes of at least 4 members (excludes halogenated alkanes) is 1. The standard InChI is InChI=1S/C21H36FN5S/c1-4-26-11-13-27(14-12-26)10-6-5-9-24-21(23-2)25-16-18-7-8-20(22)15-19(18)17-28-3/h7-8,15H,4-6,9-14,16-17H2,1-3H3,(H2,23,24,25). The highest BCUT2D eigenvalue weighted by Crippen LogP contribution is 2.16. The zero-order chi connectivity index (χ0) is 20.2. The van der Waals surface area contributed by atoms with Crippen LogP contribution in [0.2, 0.25) is 0 Å². The molecule has 0 aliphatic carbocycles. The molecular formula is C21H36FN5S. The van der Waals surface area contributed by atoms with E-state index in [1.54, 1.807) is 24.9 Å². The minimum absolute atomic E-state index is 0.175. The van der Waals surface area contributed by atoms with Gasteiger partial charge < -0.3 is 20.4 Å². The van der Waals surface area contributed by atoms with Crippen molar-refractivity contribution >= 4 is 17.7 Å². The van der Waals surface area contributed by atoms with E-state index in [2.05, 4.69) is 32.3 Å². The number of halogens is 1. The zero-order valence-corrected chi connectivity index (χ0v) is 18.5. The van der Waals surface area contributed by atoms with Gasteiger partial charge in [-0.3, -0.25) is 4.99 Å². The lowest BCUT2D eigenvalue weighted by Gasteiger charge is -2.34. The molecule has 1 aromatic carbocycles. The van der Waals surface area contributed by atoms with Gasteiger partial charge in [0.25, 0.3) is 0 Å². The van der Waals surface area contributed by atoms with E-state index in [1.165, 1.54) is 51.8 Å². The molecule has 7 heteroatoms. The molecule has 0 unspecified atom stereocenters. The molecule has 1 heterocycles. The Balaban J connectivity index is 1.64. The number of thioether (sulfide) groups is 1. The average molecular weight is 410 g/mol. The Morgan fingerprint density at radius 3 is 2.54 bits per heavy atom. The van der Waals surface area contributed by atoms with Crippen LogP contribution >= 0.6 is 11.8 Å². The van der Waals surface area contributed by atoms with Gasteiger partial charge in [-0.05, 0) is 55.4 Å². The molecule has 0 bridgehead atoms. The number of aliphatic imine (C=N–C) groups is 1. The Kier molecular flexibility index (Phi) is 10.7. The number of likely N-dealkylation sites (N-methyl/N-ethyl adjacent to an activating group) is 1. The van der Waals surface area contributed by atoms with Crippen LogP contribution in [-0.2, 0) is 12.3 Å². The van der Waals surface area contributed by atoms with Crippen LogP contribution < -0.4 is 10.6 Å². The summed E-state index contributed by atoms with van der Waals surface area (Å²) in [6.45, 7) is 10.9. The predicted molar refractivity (Wildman–Crippen MR) is 120 cm³/mol. The summed E-state index contributed by atoms with van der Waals surface area (Å²) in [4.78, 5) is 9.38. The second kappa shape index (κ2) is 13.0. The molecule has 0 spiro atoms. The number of benzene rings is 1. The van der Waals surface area contributed by atoms with Crippen molar-refractivity contribution in [2.75, 3.05) is 59.1 Å². The minimum Gasteiger partial charge on any atom is -0.356 e. The number of piperazine rings is 1. The van der Waals surface area contributed by atoms with E-state index in [0.717, 1.165) is 35.8 Å². The predicted octanol–water partition coefficient (Wildman–Crippen LogP) is 2.77. The van der Waals surface area contributed by atoms with E-state index in [1.807, 2.05) is 12.3 Å². The normalized spacial score (nSPS) is 16.4. The molecule has 2 rings (SSSR count). The summed E-state index contributed by atoms with van der Waals surface area (Å²) < 4.78 is 13.5. The Bertz CT molecular complexity index is 602. The molecule has 2 N–H and O–H groups in total. The molecule has 0 aromatic heterocycles. The lowest BCUT2D eigenvalue weighted by Crippen LogP contribution is -2.46. The van der Waals surface area contributed by atoms with Gasteiger partial charge >= 0.3 is 0 Å². The maximum Gasteiger partial charge on any atom is 0.191 e. The zero-order valence-electron chi connectivity index (χ0n) is 17.6. The van der Waals surface area contributed by atoms with Gasteiger partial charge in [0, 0.05) is 52.1 Å². The summed E-state index contributed by atoms with van der Waals surface area (Å²) in [6.07, 6.45) is 4.36. The molecule has 158 valence electrons. The maximum atomic E-state index is 13.5. The summed E-state index contributed by atoms with van der Waals surface area (Å²) >= 11 is 1.70. The molecule has 5 nitrogen and oxygen atoms in total. The summed E-state index contributed by atoms with van der Waals surface area (Å²) in [5.41, 5.74) is 2.16. The molecule has 1 fully saturated rings. The fourth-order valence-electron chi connectivity index (χ4n) is 3.45. The van der Waals surface area contributed by atoms with Crippen molar-refractivity contribution in [3.05, 3.63) is 35.1 Å². The molecule has 0 amide bonds. The van der Waals surface area contributed by atoms with Crippen LogP contribution in [0.3, 0.4) is 0 Å². The van der Waals surface area contributed by atoms with Crippen LogP contribution in [0.1, 0.15) is 30.9 Å². The molecular weight excluding hydrogens is 373 g/mol. The lowest BCUT2D eigenvalue weighted by atomic mass is 10.1. The molecule has 1 aromatic rings. The van der Waals surface area contributed by atoms with Crippen molar-refractivity contribution in [1.82, 2.24) is 20.4 Å². The van der Waals surface area contributed by atoms with Crippen molar-refractivity contribution in [1.29, 1.82) is 0 Å². The van der Waals surface area contributed by atoms with Gasteiger partial charge in [-0.25, -0.2) is 4.39 Å². The number of hydrogen-bond acceptors (Lipinski definition) is 4. The SMILES string of the molecule is CCN1CCN(CCCCNC(=NC)NCc2ccc(F)cc2CSC)CC1. The number of nitrogens with one attached hydrogen (secondary N) is 2. The third kappa shape index (κ3) is 7.97. The summed E-state index contributed by atoms with van der Waals surface area (Å²) in [5.74, 6) is 1.44. The van der Waals surface area contributed by atoms with Gasteiger partial charge in [0.15, 0.2) is 5.96 Å². The van der Waals surface area contributed by atoms with Crippen LogP contribution in [0.4, 0.5) is 4.39 Å². The summed E-state index contributed by atoms with van der Waals surface area (Å²) in [7, 11) is 1.79. The first-order valence-corrected chi connectivity index (χ1v) is 11.7. The highest BCUT2D eigenvalue weighted by molar-refractivity contribution is 7.97. The van der Waals surface area contributed by atoms with Crippen LogP contribution in [0.5, 0.6) is 0 Å². The van der Waals surface area contributed by atoms with Crippen LogP contribution in [0.15, 0.2) is 23.2 Å². The van der Waals surface area contributed by atoms with E-state index in [9.17, 15) is 4.39 Å². The first-order valence-electron chi connectivity index (χ1n) is 10.3. The quantitative estimate of drug-likeness (QED) is 0.353. The number of rotatable bonds is 10. The Morgan fingerprint density at radius 2 is 1.86 bits per heavy atom. The van der Waals surface area contributed by atoms with Gasteiger partial charge in [0.1, 0.15) is 5.82 Å². The molecule has 0 saturated carbocycles. The number of guanidine groups is 1. The molecule has 0 radical (unpaired) electrons. The van der Waals surface area contributed by atoms with E-state index in [0.29, 0.717) is 6.54 Å². The molecule has 0 atom stereocenters. The van der Waals surface area contributed by atoms with Crippen LogP contribution in [-0.4, -0.2) is 74.9 Å². The highest BCUT2D eigenvalue weighted by atomic mass is 32.2. The fourth-order valence-corrected chi connectivity index (χ4v) is 4.03. The molecule has 1 aliphatic heterocycles. The van der Waals surface area contributed by atoms with E-state index in [-0.39, 0.29) is 5.82 Å². The van der Waals surface area contributed by atoms with Crippen LogP contribution in [0, 0.1) is 5.82 Å².